The predicted molar refractivity (Wildman–Crippen MR) is 48.8 cm³/mol. The molecule has 0 bridgehead atoms. The zero-order valence-electron chi connectivity index (χ0n) is 7.19. The molecule has 0 fully saturated rings. The molecule has 0 radical (unpaired) electrons. The number of carbonyl (C=O) groups excluding carboxylic acids is 1. The molecule has 0 aliphatic heterocycles. The van der Waals surface area contributed by atoms with E-state index in [0.717, 1.165) is 24.7 Å². The molecule has 0 aromatic rings. The molecule has 0 aromatic carbocycles. The zero-order valence-corrected chi connectivity index (χ0v) is 7.95. The number of hydrogen-bond acceptors (Lipinski definition) is 1. The minimum Gasteiger partial charge on any atom is -0.298 e. The Kier molecular flexibility index (Phi) is 6.24. The van der Waals surface area contributed by atoms with Crippen LogP contribution in [0.15, 0.2) is 10.6 Å². The lowest BCUT2D eigenvalue weighted by atomic mass is 10.1. The Bertz CT molecular complexity index is 146. The van der Waals surface area contributed by atoms with Crippen LogP contribution in [0.3, 0.4) is 0 Å². The normalized spacial score (nSPS) is 12.6. The van der Waals surface area contributed by atoms with Crippen LogP contribution in [0, 0.1) is 0 Å². The van der Waals surface area contributed by atoms with Gasteiger partial charge in [0.1, 0.15) is 6.29 Å². The summed E-state index contributed by atoms with van der Waals surface area (Å²) in [5.74, 6) is 0. The Morgan fingerprint density at radius 3 is 2.45 bits per heavy atom. The first-order valence-electron chi connectivity index (χ1n) is 4.02. The quantitative estimate of drug-likeness (QED) is 0.355. The summed E-state index contributed by atoms with van der Waals surface area (Å²) in [5.41, 5.74) is 0.750. The van der Waals surface area contributed by atoms with Gasteiger partial charge in [0.15, 0.2) is 0 Å². The van der Waals surface area contributed by atoms with E-state index < -0.39 is 0 Å². The van der Waals surface area contributed by atoms with Crippen LogP contribution in [0.5, 0.6) is 0 Å². The van der Waals surface area contributed by atoms with Gasteiger partial charge in [-0.2, -0.15) is 0 Å². The standard InChI is InChI=1S/C9H15ClO/c1-3-4-5-6-9(7-11)8(2)10/h7H,3-6H2,1-2H3/b9-8+. The summed E-state index contributed by atoms with van der Waals surface area (Å²) in [5, 5.41) is 0.635. The molecule has 0 N–H and O–H groups in total. The molecule has 2 heteroatoms. The highest BCUT2D eigenvalue weighted by atomic mass is 35.5. The van der Waals surface area contributed by atoms with E-state index in [1.54, 1.807) is 6.92 Å². The summed E-state index contributed by atoms with van der Waals surface area (Å²) in [7, 11) is 0. The summed E-state index contributed by atoms with van der Waals surface area (Å²) in [6, 6.07) is 0. The number of unbranched alkanes of at least 4 members (excludes halogenated alkanes) is 2. The van der Waals surface area contributed by atoms with Gasteiger partial charge in [0.25, 0.3) is 0 Å². The van der Waals surface area contributed by atoms with Crippen LogP contribution in [0.4, 0.5) is 0 Å². The largest absolute Gasteiger partial charge is 0.298 e. The van der Waals surface area contributed by atoms with Gasteiger partial charge in [-0.25, -0.2) is 0 Å². The van der Waals surface area contributed by atoms with E-state index in [-0.39, 0.29) is 0 Å². The first kappa shape index (κ1) is 10.7. The highest BCUT2D eigenvalue weighted by molar-refractivity contribution is 6.30. The third-order valence-corrected chi connectivity index (χ3v) is 1.88. The highest BCUT2D eigenvalue weighted by Gasteiger charge is 1.98. The van der Waals surface area contributed by atoms with Crippen molar-refractivity contribution >= 4 is 17.9 Å². The molecule has 0 amide bonds. The van der Waals surface area contributed by atoms with Crippen LogP contribution in [0.25, 0.3) is 0 Å². The van der Waals surface area contributed by atoms with E-state index in [9.17, 15) is 4.79 Å². The number of carbonyl (C=O) groups is 1. The fourth-order valence-electron chi connectivity index (χ4n) is 0.878. The van der Waals surface area contributed by atoms with E-state index in [1.165, 1.54) is 12.8 Å². The molecule has 0 saturated carbocycles. The van der Waals surface area contributed by atoms with Gasteiger partial charge in [0.05, 0.1) is 0 Å². The third kappa shape index (κ3) is 5.02. The zero-order chi connectivity index (χ0) is 8.69. The fourth-order valence-corrected chi connectivity index (χ4v) is 1.02. The van der Waals surface area contributed by atoms with Crippen molar-refractivity contribution < 1.29 is 4.79 Å². The van der Waals surface area contributed by atoms with Crippen LogP contribution in [0.2, 0.25) is 0 Å². The molecular formula is C9H15ClO. The van der Waals surface area contributed by atoms with Gasteiger partial charge in [-0.3, -0.25) is 4.79 Å². The Balaban J connectivity index is 3.72. The third-order valence-electron chi connectivity index (χ3n) is 1.63. The summed E-state index contributed by atoms with van der Waals surface area (Å²) in [6.07, 6.45) is 5.09. The molecule has 0 saturated heterocycles. The molecule has 11 heavy (non-hydrogen) atoms. The van der Waals surface area contributed by atoms with Crippen molar-refractivity contribution in [2.45, 2.75) is 39.5 Å². The molecule has 0 aliphatic carbocycles. The SMILES string of the molecule is CCCCC/C(C=O)=C(/C)Cl. The van der Waals surface area contributed by atoms with E-state index in [2.05, 4.69) is 6.92 Å². The van der Waals surface area contributed by atoms with Crippen LogP contribution < -0.4 is 0 Å². The second-order valence-electron chi connectivity index (χ2n) is 2.63. The maximum Gasteiger partial charge on any atom is 0.147 e. The lowest BCUT2D eigenvalue weighted by Gasteiger charge is -1.99. The molecule has 0 atom stereocenters. The van der Waals surface area contributed by atoms with E-state index in [1.807, 2.05) is 0 Å². The first-order chi connectivity index (χ1) is 5.22. The van der Waals surface area contributed by atoms with Gasteiger partial charge < -0.3 is 0 Å². The summed E-state index contributed by atoms with van der Waals surface area (Å²) >= 11 is 5.67. The molecule has 0 rings (SSSR count). The van der Waals surface area contributed by atoms with E-state index in [4.69, 9.17) is 11.6 Å². The molecule has 0 unspecified atom stereocenters. The number of hydrogen-bond donors (Lipinski definition) is 0. The Labute approximate surface area is 73.4 Å². The van der Waals surface area contributed by atoms with E-state index >= 15 is 0 Å². The molecule has 64 valence electrons. The van der Waals surface area contributed by atoms with Crippen LogP contribution >= 0.6 is 11.6 Å². The number of rotatable bonds is 5. The Morgan fingerprint density at radius 1 is 1.45 bits per heavy atom. The average molecular weight is 175 g/mol. The van der Waals surface area contributed by atoms with Crippen molar-refractivity contribution in [3.8, 4) is 0 Å². The smallest absolute Gasteiger partial charge is 0.147 e. The topological polar surface area (TPSA) is 17.1 Å². The molecule has 0 spiro atoms. The number of aldehydes is 1. The van der Waals surface area contributed by atoms with Gasteiger partial charge in [-0.15, -0.1) is 0 Å². The van der Waals surface area contributed by atoms with Crippen molar-refractivity contribution in [1.82, 2.24) is 0 Å². The minimum absolute atomic E-state index is 0.635. The monoisotopic (exact) mass is 174 g/mol. The molecule has 0 heterocycles. The lowest BCUT2D eigenvalue weighted by molar-refractivity contribution is -0.105. The van der Waals surface area contributed by atoms with Crippen molar-refractivity contribution in [3.05, 3.63) is 10.6 Å². The number of halogens is 1. The minimum atomic E-state index is 0.635. The average Bonchev–Trinajstić information content (AvgIpc) is 1.97. The Hall–Kier alpha value is -0.300. The summed E-state index contributed by atoms with van der Waals surface area (Å²) in [4.78, 5) is 10.4. The van der Waals surface area contributed by atoms with Crippen molar-refractivity contribution in [2.75, 3.05) is 0 Å². The maximum absolute atomic E-state index is 10.4. The van der Waals surface area contributed by atoms with Gasteiger partial charge in [-0.05, 0) is 19.8 Å². The molecule has 0 aromatic heterocycles. The lowest BCUT2D eigenvalue weighted by Crippen LogP contribution is -1.87. The predicted octanol–water partition coefficient (Wildman–Crippen LogP) is 3.28. The van der Waals surface area contributed by atoms with Gasteiger partial charge >= 0.3 is 0 Å². The second-order valence-corrected chi connectivity index (χ2v) is 3.20. The van der Waals surface area contributed by atoms with Crippen molar-refractivity contribution in [3.63, 3.8) is 0 Å². The van der Waals surface area contributed by atoms with Crippen LogP contribution in [-0.2, 0) is 4.79 Å². The van der Waals surface area contributed by atoms with Gasteiger partial charge in [0, 0.05) is 10.6 Å². The Morgan fingerprint density at radius 2 is 2.09 bits per heavy atom. The fraction of sp³-hybridized carbons (Fsp3) is 0.667. The van der Waals surface area contributed by atoms with Gasteiger partial charge in [0.2, 0.25) is 0 Å². The molecule has 1 nitrogen and oxygen atoms in total. The second kappa shape index (κ2) is 6.41. The summed E-state index contributed by atoms with van der Waals surface area (Å²) in [6.45, 7) is 3.90. The van der Waals surface area contributed by atoms with Gasteiger partial charge in [-0.1, -0.05) is 31.4 Å². The molecular weight excluding hydrogens is 160 g/mol. The van der Waals surface area contributed by atoms with Crippen molar-refractivity contribution in [2.24, 2.45) is 0 Å². The van der Waals surface area contributed by atoms with E-state index in [0.29, 0.717) is 5.03 Å². The number of allylic oxidation sites excluding steroid dienone is 2. The first-order valence-corrected chi connectivity index (χ1v) is 4.40. The molecule has 0 aliphatic rings. The highest BCUT2D eigenvalue weighted by Crippen LogP contribution is 2.13. The van der Waals surface area contributed by atoms with Crippen LogP contribution in [0.1, 0.15) is 39.5 Å². The van der Waals surface area contributed by atoms with Crippen LogP contribution in [-0.4, -0.2) is 6.29 Å². The summed E-state index contributed by atoms with van der Waals surface area (Å²) < 4.78 is 0. The maximum atomic E-state index is 10.4. The van der Waals surface area contributed by atoms with Crippen molar-refractivity contribution in [1.29, 1.82) is 0 Å².